The minimum absolute atomic E-state index is 0.0427. The summed E-state index contributed by atoms with van der Waals surface area (Å²) < 4.78 is 5.34. The Kier molecular flexibility index (Phi) is 5.35. The van der Waals surface area contributed by atoms with Crippen molar-refractivity contribution in [1.82, 2.24) is 0 Å². The molecule has 1 N–H and O–H groups in total. The van der Waals surface area contributed by atoms with Gasteiger partial charge in [0.2, 0.25) is 5.91 Å². The number of benzene rings is 2. The zero-order valence-electron chi connectivity index (χ0n) is 14.8. The molecule has 1 aliphatic heterocycles. The summed E-state index contributed by atoms with van der Waals surface area (Å²) in [4.78, 5) is 35.8. The second-order valence-electron chi connectivity index (χ2n) is 6.24. The first kappa shape index (κ1) is 18.4. The van der Waals surface area contributed by atoms with E-state index >= 15 is 0 Å². The molecule has 1 aliphatic rings. The minimum Gasteiger partial charge on any atom is -0.484 e. The Morgan fingerprint density at radius 3 is 2.59 bits per heavy atom. The van der Waals surface area contributed by atoms with Gasteiger partial charge in [-0.2, -0.15) is 0 Å². The second kappa shape index (κ2) is 7.86. The number of ether oxygens (including phenoxy) is 1. The largest absolute Gasteiger partial charge is 0.484 e. The van der Waals surface area contributed by atoms with Crippen molar-refractivity contribution in [2.45, 2.75) is 19.8 Å². The molecule has 0 aromatic heterocycles. The van der Waals surface area contributed by atoms with Gasteiger partial charge in [-0.3, -0.25) is 19.7 Å². The summed E-state index contributed by atoms with van der Waals surface area (Å²) in [5, 5.41) is 13.3. The molecule has 0 aliphatic carbocycles. The van der Waals surface area contributed by atoms with Crippen LogP contribution in [-0.2, 0) is 9.59 Å². The molecule has 2 aromatic rings. The predicted molar refractivity (Wildman–Crippen MR) is 100.0 cm³/mol. The number of anilines is 2. The molecule has 1 saturated heterocycles. The Morgan fingerprint density at radius 2 is 2.00 bits per heavy atom. The van der Waals surface area contributed by atoms with E-state index in [2.05, 4.69) is 5.32 Å². The van der Waals surface area contributed by atoms with E-state index in [1.54, 1.807) is 11.0 Å². The smallest absolute Gasteiger partial charge is 0.269 e. The van der Waals surface area contributed by atoms with Crippen LogP contribution in [0.5, 0.6) is 5.75 Å². The number of rotatable bonds is 6. The average Bonchev–Trinajstić information content (AvgIpc) is 3.06. The minimum atomic E-state index is -0.502. The highest BCUT2D eigenvalue weighted by Gasteiger charge is 2.23. The van der Waals surface area contributed by atoms with Gasteiger partial charge in [0.25, 0.3) is 11.6 Å². The van der Waals surface area contributed by atoms with Crippen molar-refractivity contribution >= 4 is 28.9 Å². The molecule has 140 valence electrons. The second-order valence-corrected chi connectivity index (χ2v) is 6.24. The van der Waals surface area contributed by atoms with Gasteiger partial charge < -0.3 is 15.0 Å². The van der Waals surface area contributed by atoms with Crippen molar-refractivity contribution in [3.8, 4) is 5.75 Å². The van der Waals surface area contributed by atoms with E-state index < -0.39 is 4.92 Å². The maximum atomic E-state index is 12.1. The van der Waals surface area contributed by atoms with Gasteiger partial charge in [0, 0.05) is 36.5 Å². The standard InChI is InChI=1S/C19H19N3O5/c1-13-11-14(4-9-17(13)21-10-2-3-19(21)24)20-18(23)12-27-16-7-5-15(6-8-16)22(25)26/h4-9,11H,2-3,10,12H2,1H3,(H,20,23). The average molecular weight is 369 g/mol. The number of aryl methyl sites for hydroxylation is 1. The fourth-order valence-corrected chi connectivity index (χ4v) is 2.95. The van der Waals surface area contributed by atoms with Crippen LogP contribution in [0.15, 0.2) is 42.5 Å². The summed E-state index contributed by atoms with van der Waals surface area (Å²) in [5.74, 6) is 0.138. The van der Waals surface area contributed by atoms with Crippen LogP contribution in [0.1, 0.15) is 18.4 Å². The van der Waals surface area contributed by atoms with Crippen LogP contribution in [0, 0.1) is 17.0 Å². The summed E-state index contributed by atoms with van der Waals surface area (Å²) in [5.41, 5.74) is 2.33. The molecule has 1 fully saturated rings. The zero-order chi connectivity index (χ0) is 19.4. The highest BCUT2D eigenvalue weighted by atomic mass is 16.6. The van der Waals surface area contributed by atoms with Crippen molar-refractivity contribution in [1.29, 1.82) is 0 Å². The summed E-state index contributed by atoms with van der Waals surface area (Å²) in [6, 6.07) is 10.9. The molecule has 8 nitrogen and oxygen atoms in total. The van der Waals surface area contributed by atoms with E-state index in [4.69, 9.17) is 4.74 Å². The molecule has 0 unspecified atom stereocenters. The molecule has 27 heavy (non-hydrogen) atoms. The molecule has 0 radical (unpaired) electrons. The van der Waals surface area contributed by atoms with Crippen molar-refractivity contribution < 1.29 is 19.2 Å². The van der Waals surface area contributed by atoms with Crippen molar-refractivity contribution in [3.05, 3.63) is 58.1 Å². The van der Waals surface area contributed by atoms with E-state index in [-0.39, 0.29) is 24.1 Å². The maximum Gasteiger partial charge on any atom is 0.269 e. The fraction of sp³-hybridized carbons (Fsp3) is 0.263. The fourth-order valence-electron chi connectivity index (χ4n) is 2.95. The van der Waals surface area contributed by atoms with Crippen LogP contribution in [0.25, 0.3) is 0 Å². The van der Waals surface area contributed by atoms with Gasteiger partial charge in [-0.15, -0.1) is 0 Å². The lowest BCUT2D eigenvalue weighted by atomic mass is 10.1. The van der Waals surface area contributed by atoms with E-state index in [9.17, 15) is 19.7 Å². The first-order valence-electron chi connectivity index (χ1n) is 8.52. The number of nitrogens with one attached hydrogen (secondary N) is 1. The number of nitro benzene ring substituents is 1. The Labute approximate surface area is 155 Å². The maximum absolute atomic E-state index is 12.1. The van der Waals surface area contributed by atoms with Gasteiger partial charge in [0.1, 0.15) is 5.75 Å². The Bertz CT molecular complexity index is 879. The molecule has 0 spiro atoms. The molecule has 2 aromatic carbocycles. The van der Waals surface area contributed by atoms with Gasteiger partial charge >= 0.3 is 0 Å². The molecule has 8 heteroatoms. The number of amides is 2. The molecule has 2 amide bonds. The van der Waals surface area contributed by atoms with Crippen molar-refractivity contribution in [3.63, 3.8) is 0 Å². The molecule has 0 atom stereocenters. The van der Waals surface area contributed by atoms with Crippen molar-refractivity contribution in [2.24, 2.45) is 0 Å². The van der Waals surface area contributed by atoms with Gasteiger partial charge in [-0.05, 0) is 49.2 Å². The lowest BCUT2D eigenvalue weighted by molar-refractivity contribution is -0.384. The lowest BCUT2D eigenvalue weighted by Crippen LogP contribution is -2.24. The number of non-ortho nitro benzene ring substituents is 1. The third-order valence-electron chi connectivity index (χ3n) is 4.26. The number of carbonyl (C=O) groups excluding carboxylic acids is 2. The molecular weight excluding hydrogens is 350 g/mol. The summed E-state index contributed by atoms with van der Waals surface area (Å²) in [6.07, 6.45) is 1.43. The third-order valence-corrected chi connectivity index (χ3v) is 4.26. The number of carbonyl (C=O) groups is 2. The Balaban J connectivity index is 1.56. The van der Waals surface area contributed by atoms with Crippen LogP contribution >= 0.6 is 0 Å². The first-order valence-corrected chi connectivity index (χ1v) is 8.52. The van der Waals surface area contributed by atoms with Crippen LogP contribution in [0.2, 0.25) is 0 Å². The van der Waals surface area contributed by atoms with Crippen LogP contribution in [-0.4, -0.2) is 29.9 Å². The van der Waals surface area contributed by atoms with Gasteiger partial charge in [0.15, 0.2) is 6.61 Å². The molecule has 0 saturated carbocycles. The monoisotopic (exact) mass is 369 g/mol. The molecule has 0 bridgehead atoms. The van der Waals surface area contributed by atoms with Crippen LogP contribution in [0.3, 0.4) is 0 Å². The lowest BCUT2D eigenvalue weighted by Gasteiger charge is -2.19. The summed E-state index contributed by atoms with van der Waals surface area (Å²) in [6.45, 7) is 2.39. The first-order chi connectivity index (χ1) is 12.9. The van der Waals surface area contributed by atoms with Gasteiger partial charge in [0.05, 0.1) is 4.92 Å². The van der Waals surface area contributed by atoms with E-state index in [1.165, 1.54) is 24.3 Å². The van der Waals surface area contributed by atoms with E-state index in [0.717, 1.165) is 17.7 Å². The van der Waals surface area contributed by atoms with Crippen LogP contribution < -0.4 is 15.0 Å². The highest BCUT2D eigenvalue weighted by Crippen LogP contribution is 2.27. The number of hydrogen-bond donors (Lipinski definition) is 1. The zero-order valence-corrected chi connectivity index (χ0v) is 14.8. The number of hydrogen-bond acceptors (Lipinski definition) is 5. The predicted octanol–water partition coefficient (Wildman–Crippen LogP) is 3.05. The summed E-state index contributed by atoms with van der Waals surface area (Å²) in [7, 11) is 0. The normalized spacial score (nSPS) is 13.5. The molecular formula is C19H19N3O5. The van der Waals surface area contributed by atoms with Crippen LogP contribution in [0.4, 0.5) is 17.1 Å². The topological polar surface area (TPSA) is 102 Å². The molecule has 3 rings (SSSR count). The SMILES string of the molecule is Cc1cc(NC(=O)COc2ccc([N+](=O)[O-])cc2)ccc1N1CCCC1=O. The number of nitrogens with zero attached hydrogens (tertiary/aromatic N) is 2. The Morgan fingerprint density at radius 1 is 1.26 bits per heavy atom. The Hall–Kier alpha value is -3.42. The van der Waals surface area contributed by atoms with Gasteiger partial charge in [-0.25, -0.2) is 0 Å². The molecule has 1 heterocycles. The van der Waals surface area contributed by atoms with Gasteiger partial charge in [-0.1, -0.05) is 0 Å². The summed E-state index contributed by atoms with van der Waals surface area (Å²) >= 11 is 0. The van der Waals surface area contributed by atoms with E-state index in [0.29, 0.717) is 24.4 Å². The quantitative estimate of drug-likeness (QED) is 0.623. The number of nitro groups is 1. The highest BCUT2D eigenvalue weighted by molar-refractivity contribution is 5.97. The van der Waals surface area contributed by atoms with Crippen molar-refractivity contribution in [2.75, 3.05) is 23.4 Å². The van der Waals surface area contributed by atoms with E-state index in [1.807, 2.05) is 19.1 Å². The third kappa shape index (κ3) is 4.41.